The molecule has 0 amide bonds. The maximum atomic E-state index is 9.78. The van der Waals surface area contributed by atoms with Crippen LogP contribution in [0.3, 0.4) is 0 Å². The standard InChI is InChI=1S/C4H8O2S/c1-2-3-4-7(5)6/h3-4H,2H2,1H3,(H,5,6). The second-order valence-electron chi connectivity index (χ2n) is 1.06. The number of allylic oxidation sites excluding steroid dienone is 1. The highest BCUT2D eigenvalue weighted by atomic mass is 32.2. The maximum absolute atomic E-state index is 9.78. The molecule has 0 spiro atoms. The average Bonchev–Trinajstić information content (AvgIpc) is 1.61. The van der Waals surface area contributed by atoms with E-state index in [0.29, 0.717) is 0 Å². The quantitative estimate of drug-likeness (QED) is 0.555. The van der Waals surface area contributed by atoms with E-state index >= 15 is 0 Å². The minimum absolute atomic E-state index is 0.812. The SMILES string of the molecule is CCC=CS(=O)O. The lowest BCUT2D eigenvalue weighted by Crippen LogP contribution is -1.74. The highest BCUT2D eigenvalue weighted by molar-refractivity contribution is 7.82. The highest BCUT2D eigenvalue weighted by Gasteiger charge is 1.75. The van der Waals surface area contributed by atoms with Crippen molar-refractivity contribution < 1.29 is 8.76 Å². The Morgan fingerprint density at radius 2 is 2.43 bits per heavy atom. The fourth-order valence-corrected chi connectivity index (χ4v) is 0.536. The third-order valence-corrected chi connectivity index (χ3v) is 0.874. The van der Waals surface area contributed by atoms with Gasteiger partial charge < -0.3 is 4.55 Å². The van der Waals surface area contributed by atoms with Crippen LogP contribution in [-0.4, -0.2) is 8.76 Å². The van der Waals surface area contributed by atoms with Gasteiger partial charge in [0, 0.05) is 5.41 Å². The Morgan fingerprint density at radius 3 is 2.57 bits per heavy atom. The van der Waals surface area contributed by atoms with E-state index < -0.39 is 11.1 Å². The third kappa shape index (κ3) is 5.85. The van der Waals surface area contributed by atoms with Gasteiger partial charge in [-0.2, -0.15) is 0 Å². The Bertz CT molecular complexity index is 87.7. The van der Waals surface area contributed by atoms with Crippen molar-refractivity contribution in [2.24, 2.45) is 0 Å². The molecule has 0 bridgehead atoms. The summed E-state index contributed by atoms with van der Waals surface area (Å²) in [6.07, 6.45) is 2.46. The Hall–Kier alpha value is -0.150. The molecule has 0 aromatic heterocycles. The van der Waals surface area contributed by atoms with Crippen LogP contribution in [0.25, 0.3) is 0 Å². The Kier molecular flexibility index (Phi) is 3.93. The minimum atomic E-state index is -1.75. The van der Waals surface area contributed by atoms with Crippen molar-refractivity contribution in [3.05, 3.63) is 11.5 Å². The van der Waals surface area contributed by atoms with E-state index in [1.54, 1.807) is 6.08 Å². The topological polar surface area (TPSA) is 37.3 Å². The van der Waals surface area contributed by atoms with Crippen molar-refractivity contribution in [1.82, 2.24) is 0 Å². The van der Waals surface area contributed by atoms with Crippen molar-refractivity contribution in [2.45, 2.75) is 13.3 Å². The van der Waals surface area contributed by atoms with Crippen molar-refractivity contribution in [3.63, 3.8) is 0 Å². The first-order chi connectivity index (χ1) is 3.27. The lowest BCUT2D eigenvalue weighted by Gasteiger charge is -1.74. The van der Waals surface area contributed by atoms with Crippen molar-refractivity contribution in [3.8, 4) is 0 Å². The van der Waals surface area contributed by atoms with E-state index in [2.05, 4.69) is 0 Å². The van der Waals surface area contributed by atoms with Gasteiger partial charge >= 0.3 is 0 Å². The lowest BCUT2D eigenvalue weighted by atomic mass is 10.5. The second-order valence-corrected chi connectivity index (χ2v) is 1.88. The van der Waals surface area contributed by atoms with E-state index in [1.807, 2.05) is 6.92 Å². The first-order valence-corrected chi connectivity index (χ1v) is 3.20. The molecular formula is C4H8O2S. The summed E-state index contributed by atoms with van der Waals surface area (Å²) in [5, 5.41) is 1.25. The van der Waals surface area contributed by atoms with Crippen LogP contribution < -0.4 is 0 Å². The van der Waals surface area contributed by atoms with E-state index in [9.17, 15) is 4.21 Å². The summed E-state index contributed by atoms with van der Waals surface area (Å²) in [4.78, 5) is 0. The number of hydrogen-bond acceptors (Lipinski definition) is 1. The van der Waals surface area contributed by atoms with Crippen molar-refractivity contribution >= 4 is 11.1 Å². The summed E-state index contributed by atoms with van der Waals surface area (Å²) in [7, 11) is 0. The maximum Gasteiger partial charge on any atom is 0.178 e. The fraction of sp³-hybridized carbons (Fsp3) is 0.500. The van der Waals surface area contributed by atoms with E-state index in [1.165, 1.54) is 5.41 Å². The summed E-state index contributed by atoms with van der Waals surface area (Å²) in [5.41, 5.74) is 0. The van der Waals surface area contributed by atoms with Gasteiger partial charge in [-0.1, -0.05) is 13.0 Å². The molecule has 0 radical (unpaired) electrons. The molecule has 2 nitrogen and oxygen atoms in total. The molecule has 0 aromatic carbocycles. The van der Waals surface area contributed by atoms with Gasteiger partial charge in [0.15, 0.2) is 11.1 Å². The molecule has 0 rings (SSSR count). The molecule has 0 aromatic rings. The molecule has 3 heteroatoms. The zero-order valence-corrected chi connectivity index (χ0v) is 4.94. The van der Waals surface area contributed by atoms with Crippen molar-refractivity contribution in [1.29, 1.82) is 0 Å². The normalized spacial score (nSPS) is 15.1. The first kappa shape index (κ1) is 6.85. The van der Waals surface area contributed by atoms with Crippen LogP contribution in [0.4, 0.5) is 0 Å². The molecule has 0 heterocycles. The molecule has 7 heavy (non-hydrogen) atoms. The van der Waals surface area contributed by atoms with Gasteiger partial charge in [-0.15, -0.1) is 0 Å². The van der Waals surface area contributed by atoms with Crippen LogP contribution in [0.2, 0.25) is 0 Å². The monoisotopic (exact) mass is 120 g/mol. The molecule has 0 aliphatic rings. The van der Waals surface area contributed by atoms with Crippen LogP contribution >= 0.6 is 0 Å². The zero-order chi connectivity index (χ0) is 5.70. The van der Waals surface area contributed by atoms with Gasteiger partial charge in [0.25, 0.3) is 0 Å². The molecule has 0 aliphatic carbocycles. The van der Waals surface area contributed by atoms with Gasteiger partial charge in [-0.3, -0.25) is 0 Å². The second kappa shape index (κ2) is 4.02. The lowest BCUT2D eigenvalue weighted by molar-refractivity contribution is 0.574. The van der Waals surface area contributed by atoms with Crippen LogP contribution in [0.5, 0.6) is 0 Å². The molecule has 0 fully saturated rings. The van der Waals surface area contributed by atoms with Crippen LogP contribution in [-0.2, 0) is 11.1 Å². The van der Waals surface area contributed by atoms with Crippen molar-refractivity contribution in [2.75, 3.05) is 0 Å². The zero-order valence-electron chi connectivity index (χ0n) is 4.13. The predicted molar refractivity (Wildman–Crippen MR) is 30.2 cm³/mol. The van der Waals surface area contributed by atoms with Crippen LogP contribution in [0.1, 0.15) is 13.3 Å². The van der Waals surface area contributed by atoms with E-state index in [0.717, 1.165) is 6.42 Å². The highest BCUT2D eigenvalue weighted by Crippen LogP contribution is 1.80. The molecule has 0 aliphatic heterocycles. The molecular weight excluding hydrogens is 112 g/mol. The summed E-state index contributed by atoms with van der Waals surface area (Å²) < 4.78 is 17.9. The number of rotatable bonds is 2. The molecule has 1 N–H and O–H groups in total. The third-order valence-electron chi connectivity index (χ3n) is 0.448. The Morgan fingerprint density at radius 1 is 1.86 bits per heavy atom. The summed E-state index contributed by atoms with van der Waals surface area (Å²) in [5.74, 6) is 0. The van der Waals surface area contributed by atoms with Gasteiger partial charge in [-0.05, 0) is 6.42 Å². The summed E-state index contributed by atoms with van der Waals surface area (Å²) in [6, 6.07) is 0. The number of hydrogen-bond donors (Lipinski definition) is 1. The predicted octanol–water partition coefficient (Wildman–Crippen LogP) is 1.13. The largest absolute Gasteiger partial charge is 0.303 e. The first-order valence-electron chi connectivity index (χ1n) is 2.03. The molecule has 0 saturated carbocycles. The van der Waals surface area contributed by atoms with E-state index in [4.69, 9.17) is 4.55 Å². The fourth-order valence-electron chi connectivity index (χ4n) is 0.179. The molecule has 0 saturated heterocycles. The van der Waals surface area contributed by atoms with Gasteiger partial charge in [-0.25, -0.2) is 4.21 Å². The van der Waals surface area contributed by atoms with Crippen LogP contribution in [0, 0.1) is 0 Å². The Labute approximate surface area is 45.5 Å². The van der Waals surface area contributed by atoms with Gasteiger partial charge in [0.2, 0.25) is 0 Å². The van der Waals surface area contributed by atoms with Crippen LogP contribution in [0.15, 0.2) is 11.5 Å². The summed E-state index contributed by atoms with van der Waals surface area (Å²) >= 11 is -1.75. The van der Waals surface area contributed by atoms with E-state index in [-0.39, 0.29) is 0 Å². The average molecular weight is 120 g/mol. The summed E-state index contributed by atoms with van der Waals surface area (Å²) in [6.45, 7) is 1.91. The smallest absolute Gasteiger partial charge is 0.178 e. The molecule has 42 valence electrons. The Balaban J connectivity index is 3.26. The van der Waals surface area contributed by atoms with Gasteiger partial charge in [0.05, 0.1) is 0 Å². The van der Waals surface area contributed by atoms with Gasteiger partial charge in [0.1, 0.15) is 0 Å². The molecule has 1 unspecified atom stereocenters. The minimum Gasteiger partial charge on any atom is -0.303 e. The molecule has 1 atom stereocenters.